The second-order valence-electron chi connectivity index (χ2n) is 5.21. The van der Waals surface area contributed by atoms with Crippen molar-refractivity contribution in [3.05, 3.63) is 16.1 Å². The van der Waals surface area contributed by atoms with Crippen LogP contribution in [-0.4, -0.2) is 60.1 Å². The van der Waals surface area contributed by atoms with E-state index in [1.165, 1.54) is 50.0 Å². The summed E-state index contributed by atoms with van der Waals surface area (Å²) in [6.07, 6.45) is 1.06. The first-order chi connectivity index (χ1) is 8.85. The van der Waals surface area contributed by atoms with Gasteiger partial charge in [-0.1, -0.05) is 6.92 Å². The monoisotopic (exact) mass is 266 g/mol. The Labute approximate surface area is 113 Å². The van der Waals surface area contributed by atoms with E-state index in [2.05, 4.69) is 32.4 Å². The van der Waals surface area contributed by atoms with Gasteiger partial charge in [0.2, 0.25) is 0 Å². The normalized spacial score (nSPS) is 23.2. The SMILES string of the molecule is CCc1nc(CN2CCN(C3CNC3)CC2)cs1. The molecular formula is C13H22N4S. The molecule has 4 nitrogen and oxygen atoms in total. The van der Waals surface area contributed by atoms with Gasteiger partial charge in [0, 0.05) is 57.2 Å². The summed E-state index contributed by atoms with van der Waals surface area (Å²) in [4.78, 5) is 9.83. The fourth-order valence-corrected chi connectivity index (χ4v) is 3.37. The Hall–Kier alpha value is -0.490. The van der Waals surface area contributed by atoms with Gasteiger partial charge >= 0.3 is 0 Å². The number of nitrogens with one attached hydrogen (secondary N) is 1. The van der Waals surface area contributed by atoms with Crippen LogP contribution in [0, 0.1) is 0 Å². The lowest BCUT2D eigenvalue weighted by atomic mass is 10.1. The molecule has 100 valence electrons. The van der Waals surface area contributed by atoms with Gasteiger partial charge in [0.05, 0.1) is 10.7 Å². The van der Waals surface area contributed by atoms with Gasteiger partial charge < -0.3 is 5.32 Å². The van der Waals surface area contributed by atoms with Crippen molar-refractivity contribution < 1.29 is 0 Å². The summed E-state index contributed by atoms with van der Waals surface area (Å²) in [6.45, 7) is 10.4. The summed E-state index contributed by atoms with van der Waals surface area (Å²) in [6, 6.07) is 0.804. The standard InChI is InChI=1S/C13H22N4S/c1-2-13-15-11(10-18-13)9-16-3-5-17(6-4-16)12-7-14-8-12/h10,12,14H,2-9H2,1H3. The van der Waals surface area contributed by atoms with Crippen LogP contribution >= 0.6 is 11.3 Å². The van der Waals surface area contributed by atoms with Crippen molar-refractivity contribution in [2.75, 3.05) is 39.3 Å². The first-order valence-electron chi connectivity index (χ1n) is 6.95. The van der Waals surface area contributed by atoms with Crippen molar-refractivity contribution in [3.63, 3.8) is 0 Å². The zero-order chi connectivity index (χ0) is 12.4. The Morgan fingerprint density at radius 1 is 1.33 bits per heavy atom. The molecular weight excluding hydrogens is 244 g/mol. The number of hydrogen-bond donors (Lipinski definition) is 1. The average molecular weight is 266 g/mol. The van der Waals surface area contributed by atoms with E-state index >= 15 is 0 Å². The minimum absolute atomic E-state index is 0.804. The van der Waals surface area contributed by atoms with Gasteiger partial charge in [-0.3, -0.25) is 9.80 Å². The van der Waals surface area contributed by atoms with E-state index in [0.717, 1.165) is 19.0 Å². The van der Waals surface area contributed by atoms with Crippen LogP contribution in [0.25, 0.3) is 0 Å². The molecule has 0 spiro atoms. The zero-order valence-corrected chi connectivity index (χ0v) is 11.9. The van der Waals surface area contributed by atoms with Gasteiger partial charge in [-0.05, 0) is 6.42 Å². The molecule has 0 unspecified atom stereocenters. The lowest BCUT2D eigenvalue weighted by Crippen LogP contribution is -2.61. The van der Waals surface area contributed by atoms with Crippen LogP contribution in [0.2, 0.25) is 0 Å². The molecule has 1 N–H and O–H groups in total. The van der Waals surface area contributed by atoms with Crippen LogP contribution in [0.15, 0.2) is 5.38 Å². The lowest BCUT2D eigenvalue weighted by Gasteiger charge is -2.43. The van der Waals surface area contributed by atoms with E-state index in [4.69, 9.17) is 0 Å². The second-order valence-corrected chi connectivity index (χ2v) is 6.15. The molecule has 0 aromatic carbocycles. The van der Waals surface area contributed by atoms with Gasteiger partial charge in [0.15, 0.2) is 0 Å². The highest BCUT2D eigenvalue weighted by atomic mass is 32.1. The van der Waals surface area contributed by atoms with Gasteiger partial charge in [0.25, 0.3) is 0 Å². The highest BCUT2D eigenvalue weighted by Gasteiger charge is 2.27. The largest absolute Gasteiger partial charge is 0.314 e. The third-order valence-corrected chi connectivity index (χ3v) is 5.01. The van der Waals surface area contributed by atoms with E-state index in [0.29, 0.717) is 0 Å². The third-order valence-electron chi connectivity index (χ3n) is 3.97. The summed E-state index contributed by atoms with van der Waals surface area (Å²) in [5.74, 6) is 0. The minimum atomic E-state index is 0.804. The predicted octanol–water partition coefficient (Wildman–Crippen LogP) is 0.795. The van der Waals surface area contributed by atoms with E-state index in [9.17, 15) is 0 Å². The number of rotatable bonds is 4. The first kappa shape index (κ1) is 12.5. The average Bonchev–Trinajstić information content (AvgIpc) is 2.77. The fourth-order valence-electron chi connectivity index (χ4n) is 2.63. The van der Waals surface area contributed by atoms with E-state index in [1.54, 1.807) is 11.3 Å². The molecule has 5 heteroatoms. The van der Waals surface area contributed by atoms with Crippen LogP contribution in [-0.2, 0) is 13.0 Å². The number of piperazine rings is 1. The highest BCUT2D eigenvalue weighted by Crippen LogP contribution is 2.15. The summed E-state index contributed by atoms with van der Waals surface area (Å²) in [7, 11) is 0. The molecule has 2 fully saturated rings. The molecule has 2 saturated heterocycles. The summed E-state index contributed by atoms with van der Waals surface area (Å²) < 4.78 is 0. The van der Waals surface area contributed by atoms with Crippen LogP contribution in [0.5, 0.6) is 0 Å². The molecule has 0 atom stereocenters. The smallest absolute Gasteiger partial charge is 0.0926 e. The zero-order valence-electron chi connectivity index (χ0n) is 11.1. The van der Waals surface area contributed by atoms with Crippen molar-refractivity contribution in [1.29, 1.82) is 0 Å². The van der Waals surface area contributed by atoms with Gasteiger partial charge in [-0.2, -0.15) is 0 Å². The minimum Gasteiger partial charge on any atom is -0.314 e. The van der Waals surface area contributed by atoms with Crippen molar-refractivity contribution >= 4 is 11.3 Å². The molecule has 1 aromatic heterocycles. The number of hydrogen-bond acceptors (Lipinski definition) is 5. The second kappa shape index (κ2) is 5.65. The van der Waals surface area contributed by atoms with Crippen LogP contribution in [0.3, 0.4) is 0 Å². The Morgan fingerprint density at radius 3 is 2.67 bits per heavy atom. The molecule has 18 heavy (non-hydrogen) atoms. The van der Waals surface area contributed by atoms with Crippen LogP contribution < -0.4 is 5.32 Å². The Bertz CT molecular complexity index is 380. The molecule has 0 amide bonds. The summed E-state index contributed by atoms with van der Waals surface area (Å²) in [5, 5.41) is 6.85. The van der Waals surface area contributed by atoms with Crippen molar-refractivity contribution in [2.24, 2.45) is 0 Å². The van der Waals surface area contributed by atoms with Gasteiger partial charge in [-0.15, -0.1) is 11.3 Å². The molecule has 2 aliphatic rings. The lowest BCUT2D eigenvalue weighted by molar-refractivity contribution is 0.0691. The maximum atomic E-state index is 4.66. The molecule has 1 aromatic rings. The Morgan fingerprint density at radius 2 is 2.11 bits per heavy atom. The summed E-state index contributed by atoms with van der Waals surface area (Å²) >= 11 is 1.80. The fraction of sp³-hybridized carbons (Fsp3) is 0.769. The van der Waals surface area contributed by atoms with Crippen LogP contribution in [0.4, 0.5) is 0 Å². The molecule has 0 saturated carbocycles. The topological polar surface area (TPSA) is 31.4 Å². The molecule has 0 radical (unpaired) electrons. The number of aromatic nitrogens is 1. The van der Waals surface area contributed by atoms with Crippen molar-refractivity contribution in [2.45, 2.75) is 25.9 Å². The van der Waals surface area contributed by atoms with E-state index in [1.807, 2.05) is 0 Å². The van der Waals surface area contributed by atoms with Crippen molar-refractivity contribution in [3.8, 4) is 0 Å². The number of nitrogens with zero attached hydrogens (tertiary/aromatic N) is 3. The van der Waals surface area contributed by atoms with Gasteiger partial charge in [-0.25, -0.2) is 4.98 Å². The number of thiazole rings is 1. The molecule has 2 aliphatic heterocycles. The van der Waals surface area contributed by atoms with E-state index in [-0.39, 0.29) is 0 Å². The van der Waals surface area contributed by atoms with Crippen LogP contribution in [0.1, 0.15) is 17.6 Å². The molecule has 3 rings (SSSR count). The Balaban J connectivity index is 1.47. The molecule has 0 bridgehead atoms. The maximum absolute atomic E-state index is 4.66. The maximum Gasteiger partial charge on any atom is 0.0926 e. The highest BCUT2D eigenvalue weighted by molar-refractivity contribution is 7.09. The first-order valence-corrected chi connectivity index (χ1v) is 7.83. The summed E-state index contributed by atoms with van der Waals surface area (Å²) in [5.41, 5.74) is 1.26. The quantitative estimate of drug-likeness (QED) is 0.873. The molecule has 0 aliphatic carbocycles. The number of aryl methyl sites for hydroxylation is 1. The van der Waals surface area contributed by atoms with Gasteiger partial charge in [0.1, 0.15) is 0 Å². The van der Waals surface area contributed by atoms with Crippen molar-refractivity contribution in [1.82, 2.24) is 20.1 Å². The Kier molecular flexibility index (Phi) is 3.94. The molecule has 3 heterocycles. The van der Waals surface area contributed by atoms with E-state index < -0.39 is 0 Å². The third kappa shape index (κ3) is 2.74. The predicted molar refractivity (Wildman–Crippen MR) is 75.0 cm³/mol.